The van der Waals surface area contributed by atoms with Gasteiger partial charge >= 0.3 is 0 Å². The maximum absolute atomic E-state index is 13.1. The molecule has 1 fully saturated rings. The monoisotopic (exact) mass is 389 g/mol. The predicted molar refractivity (Wildman–Crippen MR) is 113 cm³/mol. The summed E-state index contributed by atoms with van der Waals surface area (Å²) in [6, 6.07) is 6.52. The molecule has 1 aliphatic rings. The number of unbranched alkanes of at least 4 members (excludes halogenated alkanes) is 1. The third kappa shape index (κ3) is 6.55. The van der Waals surface area contributed by atoms with Gasteiger partial charge in [0.15, 0.2) is 5.96 Å². The van der Waals surface area contributed by atoms with E-state index in [1.54, 1.807) is 19.2 Å². The largest absolute Gasteiger partial charge is 0.368 e. The molecule has 1 aliphatic heterocycles. The van der Waals surface area contributed by atoms with Crippen LogP contribution >= 0.6 is 0 Å². The number of anilines is 1. The number of hydrogen-bond acceptors (Lipinski definition) is 3. The summed E-state index contributed by atoms with van der Waals surface area (Å²) < 4.78 is 13.1. The van der Waals surface area contributed by atoms with Gasteiger partial charge < -0.3 is 20.0 Å². The molecule has 0 aromatic heterocycles. The Morgan fingerprint density at radius 2 is 1.96 bits per heavy atom. The number of carbonyl (C=O) groups excluding carboxylic acids is 1. The van der Waals surface area contributed by atoms with Crippen LogP contribution in [-0.4, -0.2) is 75.0 Å². The Bertz CT molecular complexity index is 653. The van der Waals surface area contributed by atoms with Gasteiger partial charge in [0.05, 0.1) is 0 Å². The van der Waals surface area contributed by atoms with Crippen molar-refractivity contribution in [1.29, 1.82) is 0 Å². The number of rotatable bonds is 8. The summed E-state index contributed by atoms with van der Waals surface area (Å²) in [7, 11) is 3.75. The van der Waals surface area contributed by atoms with E-state index in [-0.39, 0.29) is 11.7 Å². The predicted octanol–water partition coefficient (Wildman–Crippen LogP) is 2.34. The van der Waals surface area contributed by atoms with E-state index < -0.39 is 0 Å². The fourth-order valence-corrected chi connectivity index (χ4v) is 3.27. The number of carbonyl (C=O) groups is 1. The molecular weight excluding hydrogens is 357 g/mol. The van der Waals surface area contributed by atoms with Gasteiger partial charge in [0.25, 0.3) is 0 Å². The number of piperazine rings is 1. The van der Waals surface area contributed by atoms with Crippen molar-refractivity contribution in [2.24, 2.45) is 4.99 Å². The van der Waals surface area contributed by atoms with Crippen molar-refractivity contribution in [2.45, 2.75) is 19.3 Å². The van der Waals surface area contributed by atoms with Gasteiger partial charge in [-0.1, -0.05) is 6.08 Å². The van der Waals surface area contributed by atoms with Gasteiger partial charge in [-0.3, -0.25) is 9.79 Å². The minimum absolute atomic E-state index is 0.149. The van der Waals surface area contributed by atoms with E-state index in [0.29, 0.717) is 26.1 Å². The smallest absolute Gasteiger partial charge is 0.224 e. The number of amides is 1. The minimum Gasteiger partial charge on any atom is -0.368 e. The molecule has 7 heteroatoms. The summed E-state index contributed by atoms with van der Waals surface area (Å²) in [5, 5.41) is 3.26. The number of aliphatic imine (C=N–C) groups is 1. The van der Waals surface area contributed by atoms with E-state index in [1.165, 1.54) is 12.1 Å². The molecule has 1 aromatic rings. The summed E-state index contributed by atoms with van der Waals surface area (Å²) in [4.78, 5) is 22.9. The summed E-state index contributed by atoms with van der Waals surface area (Å²) >= 11 is 0. The standard InChI is InChI=1S/C21H32FN5O/c1-4-5-6-13-25(3)21(23-2)24-12-11-20(28)27-16-14-26(15-17-27)19-9-7-18(22)8-10-19/h4,7-10H,1,5-6,11-17H2,2-3H3,(H,23,24). The van der Waals surface area contributed by atoms with E-state index in [1.807, 2.05) is 18.0 Å². The molecular formula is C21H32FN5O. The third-order valence-electron chi connectivity index (χ3n) is 4.92. The summed E-state index contributed by atoms with van der Waals surface area (Å²) in [6.07, 6.45) is 4.36. The molecule has 28 heavy (non-hydrogen) atoms. The number of halogens is 1. The molecule has 0 atom stereocenters. The highest BCUT2D eigenvalue weighted by Gasteiger charge is 2.21. The first-order valence-corrected chi connectivity index (χ1v) is 9.86. The van der Waals surface area contributed by atoms with Gasteiger partial charge in [0, 0.05) is 65.5 Å². The highest BCUT2D eigenvalue weighted by molar-refractivity contribution is 5.81. The molecule has 1 heterocycles. The lowest BCUT2D eigenvalue weighted by atomic mass is 10.2. The van der Waals surface area contributed by atoms with E-state index in [4.69, 9.17) is 0 Å². The second-order valence-corrected chi connectivity index (χ2v) is 6.92. The Balaban J connectivity index is 1.70. The highest BCUT2D eigenvalue weighted by Crippen LogP contribution is 2.17. The van der Waals surface area contributed by atoms with Crippen LogP contribution < -0.4 is 10.2 Å². The first kappa shape index (κ1) is 21.7. The first-order valence-electron chi connectivity index (χ1n) is 9.86. The van der Waals surface area contributed by atoms with Crippen LogP contribution in [0.4, 0.5) is 10.1 Å². The summed E-state index contributed by atoms with van der Waals surface area (Å²) in [5.41, 5.74) is 0.999. The van der Waals surface area contributed by atoms with Crippen LogP contribution in [0.25, 0.3) is 0 Å². The first-order chi connectivity index (χ1) is 13.5. The second-order valence-electron chi connectivity index (χ2n) is 6.92. The van der Waals surface area contributed by atoms with Crippen molar-refractivity contribution >= 4 is 17.6 Å². The van der Waals surface area contributed by atoms with Crippen molar-refractivity contribution in [3.05, 3.63) is 42.7 Å². The molecule has 0 aliphatic carbocycles. The maximum atomic E-state index is 13.1. The SMILES string of the molecule is C=CCCCN(C)C(=NC)NCCC(=O)N1CCN(c2ccc(F)cc2)CC1. The van der Waals surface area contributed by atoms with Gasteiger partial charge in [0.2, 0.25) is 5.91 Å². The summed E-state index contributed by atoms with van der Waals surface area (Å²) in [6.45, 7) is 8.09. The molecule has 1 saturated heterocycles. The Kier molecular flexibility index (Phi) is 8.78. The maximum Gasteiger partial charge on any atom is 0.224 e. The minimum atomic E-state index is -0.230. The zero-order chi connectivity index (χ0) is 20.4. The van der Waals surface area contributed by atoms with E-state index in [2.05, 4.69) is 26.7 Å². The molecule has 0 unspecified atom stereocenters. The van der Waals surface area contributed by atoms with Gasteiger partial charge in [-0.2, -0.15) is 0 Å². The fourth-order valence-electron chi connectivity index (χ4n) is 3.27. The molecule has 1 aromatic carbocycles. The molecule has 2 rings (SSSR count). The highest BCUT2D eigenvalue weighted by atomic mass is 19.1. The van der Waals surface area contributed by atoms with Gasteiger partial charge in [-0.05, 0) is 37.1 Å². The number of hydrogen-bond donors (Lipinski definition) is 1. The van der Waals surface area contributed by atoms with Crippen molar-refractivity contribution in [3.63, 3.8) is 0 Å². The Morgan fingerprint density at radius 1 is 1.29 bits per heavy atom. The third-order valence-corrected chi connectivity index (χ3v) is 4.92. The second kappa shape index (κ2) is 11.3. The Hall–Kier alpha value is -2.57. The van der Waals surface area contributed by atoms with Crippen LogP contribution in [0.3, 0.4) is 0 Å². The van der Waals surface area contributed by atoms with Crippen LogP contribution in [0, 0.1) is 5.82 Å². The van der Waals surface area contributed by atoms with Crippen LogP contribution in [0.2, 0.25) is 0 Å². The van der Waals surface area contributed by atoms with Crippen LogP contribution in [0.1, 0.15) is 19.3 Å². The van der Waals surface area contributed by atoms with Crippen molar-refractivity contribution in [2.75, 3.05) is 58.3 Å². The van der Waals surface area contributed by atoms with Gasteiger partial charge in [0.1, 0.15) is 5.82 Å². The number of guanidine groups is 1. The van der Waals surface area contributed by atoms with Crippen LogP contribution in [-0.2, 0) is 4.79 Å². The summed E-state index contributed by atoms with van der Waals surface area (Å²) in [5.74, 6) is 0.723. The Morgan fingerprint density at radius 3 is 2.57 bits per heavy atom. The quantitative estimate of drug-likeness (QED) is 0.321. The molecule has 1 N–H and O–H groups in total. The molecule has 1 amide bonds. The lowest BCUT2D eigenvalue weighted by Gasteiger charge is -2.36. The van der Waals surface area contributed by atoms with Gasteiger partial charge in [-0.15, -0.1) is 6.58 Å². The fraction of sp³-hybridized carbons (Fsp3) is 0.524. The Labute approximate surface area is 167 Å². The van der Waals surface area contributed by atoms with Crippen LogP contribution in [0.15, 0.2) is 41.9 Å². The van der Waals surface area contributed by atoms with Crippen LogP contribution in [0.5, 0.6) is 0 Å². The molecule has 0 bridgehead atoms. The van der Waals surface area contributed by atoms with E-state index >= 15 is 0 Å². The van der Waals surface area contributed by atoms with Crippen molar-refractivity contribution in [3.8, 4) is 0 Å². The molecule has 154 valence electrons. The normalized spacial score (nSPS) is 14.8. The lowest BCUT2D eigenvalue weighted by Crippen LogP contribution is -2.49. The van der Waals surface area contributed by atoms with E-state index in [0.717, 1.165) is 44.1 Å². The molecule has 0 spiro atoms. The topological polar surface area (TPSA) is 51.2 Å². The molecule has 6 nitrogen and oxygen atoms in total. The average molecular weight is 390 g/mol. The average Bonchev–Trinajstić information content (AvgIpc) is 2.72. The number of benzene rings is 1. The van der Waals surface area contributed by atoms with Crippen molar-refractivity contribution < 1.29 is 9.18 Å². The zero-order valence-corrected chi connectivity index (χ0v) is 17.0. The molecule has 0 saturated carbocycles. The van der Waals surface area contributed by atoms with Crippen molar-refractivity contribution in [1.82, 2.24) is 15.1 Å². The lowest BCUT2D eigenvalue weighted by molar-refractivity contribution is -0.131. The van der Waals surface area contributed by atoms with Gasteiger partial charge in [-0.25, -0.2) is 4.39 Å². The molecule has 0 radical (unpaired) electrons. The number of nitrogens with zero attached hydrogens (tertiary/aromatic N) is 4. The van der Waals surface area contributed by atoms with E-state index in [9.17, 15) is 9.18 Å². The number of nitrogens with one attached hydrogen (secondary N) is 1. The number of allylic oxidation sites excluding steroid dienone is 1. The zero-order valence-electron chi connectivity index (χ0n) is 17.0.